The standard InChI is InChI=1S/C20H26N4O5S/c1-23(2)16-8-6-15(7-9-16)13-21-22-20(25)14-24(30(5,26)27)18-12-17(28-3)10-11-19(18)29-4/h6-13H,14H2,1-5H3,(H,22,25)/b21-13-. The maximum absolute atomic E-state index is 12.4. The van der Waals surface area contributed by atoms with Crippen molar-refractivity contribution in [2.45, 2.75) is 0 Å². The van der Waals surface area contributed by atoms with Gasteiger partial charge >= 0.3 is 0 Å². The number of ether oxygens (including phenoxy) is 2. The molecule has 1 amide bonds. The summed E-state index contributed by atoms with van der Waals surface area (Å²) in [6.07, 6.45) is 2.49. The summed E-state index contributed by atoms with van der Waals surface area (Å²) in [6.45, 7) is -0.473. The first kappa shape index (κ1) is 23.0. The Balaban J connectivity index is 2.15. The number of nitrogens with zero attached hydrogens (tertiary/aromatic N) is 3. The van der Waals surface area contributed by atoms with Crippen molar-refractivity contribution >= 4 is 33.5 Å². The van der Waals surface area contributed by atoms with Crippen LogP contribution in [0.25, 0.3) is 0 Å². The molecule has 0 radical (unpaired) electrons. The van der Waals surface area contributed by atoms with E-state index in [1.807, 2.05) is 43.3 Å². The lowest BCUT2D eigenvalue weighted by molar-refractivity contribution is -0.119. The number of hydrogen-bond donors (Lipinski definition) is 1. The summed E-state index contributed by atoms with van der Waals surface area (Å²) in [7, 11) is 2.97. The zero-order valence-corrected chi connectivity index (χ0v) is 18.4. The molecule has 2 aromatic carbocycles. The number of methoxy groups -OCH3 is 2. The monoisotopic (exact) mass is 434 g/mol. The largest absolute Gasteiger partial charge is 0.497 e. The van der Waals surface area contributed by atoms with E-state index < -0.39 is 22.5 Å². The Kier molecular flexibility index (Phi) is 7.65. The average Bonchev–Trinajstić information content (AvgIpc) is 2.71. The third-order valence-corrected chi connectivity index (χ3v) is 5.28. The fourth-order valence-electron chi connectivity index (χ4n) is 2.58. The molecule has 0 aliphatic rings. The van der Waals surface area contributed by atoms with Gasteiger partial charge in [0.1, 0.15) is 18.0 Å². The maximum Gasteiger partial charge on any atom is 0.260 e. The fraction of sp³-hybridized carbons (Fsp3) is 0.300. The van der Waals surface area contributed by atoms with Gasteiger partial charge in [-0.2, -0.15) is 5.10 Å². The molecule has 2 aromatic rings. The van der Waals surface area contributed by atoms with Crippen LogP contribution in [0.4, 0.5) is 11.4 Å². The summed E-state index contributed by atoms with van der Waals surface area (Å²) in [5.74, 6) is 0.115. The Morgan fingerprint density at radius 3 is 2.30 bits per heavy atom. The molecule has 0 bridgehead atoms. The zero-order valence-electron chi connectivity index (χ0n) is 17.6. The first-order valence-corrected chi connectivity index (χ1v) is 10.8. The molecule has 0 fully saturated rings. The molecule has 2 rings (SSSR count). The molecule has 162 valence electrons. The molecular weight excluding hydrogens is 408 g/mol. The van der Waals surface area contributed by atoms with Crippen LogP contribution in [0.1, 0.15) is 5.56 Å². The predicted molar refractivity (Wildman–Crippen MR) is 118 cm³/mol. The van der Waals surface area contributed by atoms with Gasteiger partial charge < -0.3 is 14.4 Å². The highest BCUT2D eigenvalue weighted by Crippen LogP contribution is 2.33. The summed E-state index contributed by atoms with van der Waals surface area (Å²) in [6, 6.07) is 12.2. The Morgan fingerprint density at radius 2 is 1.77 bits per heavy atom. The molecule has 0 aliphatic heterocycles. The van der Waals surface area contributed by atoms with E-state index in [4.69, 9.17) is 9.47 Å². The van der Waals surface area contributed by atoms with Crippen molar-refractivity contribution in [3.63, 3.8) is 0 Å². The zero-order chi connectivity index (χ0) is 22.3. The quantitative estimate of drug-likeness (QED) is 0.476. The van der Waals surface area contributed by atoms with E-state index in [-0.39, 0.29) is 5.69 Å². The summed E-state index contributed by atoms with van der Waals surface area (Å²) in [5, 5.41) is 3.91. The van der Waals surface area contributed by atoms with E-state index in [1.54, 1.807) is 12.1 Å². The van der Waals surface area contributed by atoms with Crippen LogP contribution in [0.3, 0.4) is 0 Å². The maximum atomic E-state index is 12.4. The number of hydrogen-bond acceptors (Lipinski definition) is 7. The van der Waals surface area contributed by atoms with E-state index in [1.165, 1.54) is 26.5 Å². The molecule has 30 heavy (non-hydrogen) atoms. The van der Waals surface area contributed by atoms with Gasteiger partial charge in [0.05, 0.1) is 32.4 Å². The fourth-order valence-corrected chi connectivity index (χ4v) is 3.43. The number of hydrazone groups is 1. The van der Waals surface area contributed by atoms with Gasteiger partial charge in [0.2, 0.25) is 10.0 Å². The van der Waals surface area contributed by atoms with E-state index >= 15 is 0 Å². The van der Waals surface area contributed by atoms with E-state index in [0.29, 0.717) is 11.5 Å². The smallest absolute Gasteiger partial charge is 0.260 e. The lowest BCUT2D eigenvalue weighted by atomic mass is 10.2. The van der Waals surface area contributed by atoms with Crippen LogP contribution in [0.15, 0.2) is 47.6 Å². The summed E-state index contributed by atoms with van der Waals surface area (Å²) in [5.41, 5.74) is 4.36. The van der Waals surface area contributed by atoms with Crippen LogP contribution in [-0.4, -0.2) is 61.7 Å². The SMILES string of the molecule is COc1ccc(OC)c(N(CC(=O)N/N=C\c2ccc(N(C)C)cc2)S(C)(=O)=O)c1. The second-order valence-electron chi connectivity index (χ2n) is 6.59. The number of carbonyl (C=O) groups is 1. The molecule has 0 saturated carbocycles. The first-order valence-electron chi connectivity index (χ1n) is 8.94. The van der Waals surface area contributed by atoms with Crippen molar-refractivity contribution in [1.29, 1.82) is 0 Å². The number of rotatable bonds is 9. The predicted octanol–water partition coefficient (Wildman–Crippen LogP) is 1.69. The average molecular weight is 435 g/mol. The molecular formula is C20H26N4O5S. The third kappa shape index (κ3) is 6.11. The molecule has 0 unspecified atom stereocenters. The first-order chi connectivity index (χ1) is 14.2. The number of nitrogens with one attached hydrogen (secondary N) is 1. The summed E-state index contributed by atoms with van der Waals surface area (Å²) >= 11 is 0. The molecule has 10 heteroatoms. The molecule has 0 aliphatic carbocycles. The highest BCUT2D eigenvalue weighted by atomic mass is 32.2. The van der Waals surface area contributed by atoms with Crippen molar-refractivity contribution in [2.24, 2.45) is 5.10 Å². The van der Waals surface area contributed by atoms with Crippen molar-refractivity contribution in [1.82, 2.24) is 5.43 Å². The van der Waals surface area contributed by atoms with Crippen LogP contribution in [-0.2, 0) is 14.8 Å². The van der Waals surface area contributed by atoms with E-state index in [0.717, 1.165) is 21.8 Å². The summed E-state index contributed by atoms with van der Waals surface area (Å²) in [4.78, 5) is 14.3. The normalized spacial score (nSPS) is 11.2. The van der Waals surface area contributed by atoms with Crippen LogP contribution in [0.5, 0.6) is 11.5 Å². The third-order valence-electron chi connectivity index (χ3n) is 4.15. The van der Waals surface area contributed by atoms with E-state index in [9.17, 15) is 13.2 Å². The Bertz CT molecular complexity index is 1000. The Hall–Kier alpha value is -3.27. The van der Waals surface area contributed by atoms with Gasteiger partial charge in [-0.15, -0.1) is 0 Å². The van der Waals surface area contributed by atoms with Gasteiger partial charge in [0, 0.05) is 25.8 Å². The van der Waals surface area contributed by atoms with E-state index in [2.05, 4.69) is 10.5 Å². The Labute approximate surface area is 176 Å². The Morgan fingerprint density at radius 1 is 1.10 bits per heavy atom. The number of sulfonamides is 1. The number of anilines is 2. The van der Waals surface area contributed by atoms with Crippen molar-refractivity contribution in [3.8, 4) is 11.5 Å². The minimum absolute atomic E-state index is 0.192. The van der Waals surface area contributed by atoms with Gasteiger partial charge in [0.15, 0.2) is 0 Å². The van der Waals surface area contributed by atoms with Crippen molar-refractivity contribution < 1.29 is 22.7 Å². The number of benzene rings is 2. The minimum atomic E-state index is -3.78. The topological polar surface area (TPSA) is 101 Å². The minimum Gasteiger partial charge on any atom is -0.497 e. The van der Waals surface area contributed by atoms with Crippen LogP contribution < -0.4 is 24.1 Å². The van der Waals surface area contributed by atoms with Crippen molar-refractivity contribution in [3.05, 3.63) is 48.0 Å². The van der Waals surface area contributed by atoms with Crippen LogP contribution in [0.2, 0.25) is 0 Å². The number of amides is 1. The van der Waals surface area contributed by atoms with Gasteiger partial charge in [-0.3, -0.25) is 9.10 Å². The molecule has 0 aromatic heterocycles. The highest BCUT2D eigenvalue weighted by molar-refractivity contribution is 7.92. The number of carbonyl (C=O) groups excluding carboxylic acids is 1. The second kappa shape index (κ2) is 9.97. The lowest BCUT2D eigenvalue weighted by Crippen LogP contribution is -2.39. The molecule has 0 saturated heterocycles. The second-order valence-corrected chi connectivity index (χ2v) is 8.49. The van der Waals surface area contributed by atoms with Crippen LogP contribution in [0, 0.1) is 0 Å². The molecule has 1 N–H and O–H groups in total. The van der Waals surface area contributed by atoms with Gasteiger partial charge in [0.25, 0.3) is 5.91 Å². The highest BCUT2D eigenvalue weighted by Gasteiger charge is 2.24. The van der Waals surface area contributed by atoms with Gasteiger partial charge in [-0.05, 0) is 29.8 Å². The van der Waals surface area contributed by atoms with Crippen LogP contribution >= 0.6 is 0 Å². The molecule has 0 atom stereocenters. The summed E-state index contributed by atoms with van der Waals surface area (Å²) < 4.78 is 36.0. The molecule has 9 nitrogen and oxygen atoms in total. The molecule has 0 spiro atoms. The molecule has 0 heterocycles. The van der Waals surface area contributed by atoms with Crippen molar-refractivity contribution in [2.75, 3.05) is 50.3 Å². The van der Waals surface area contributed by atoms with Gasteiger partial charge in [-0.25, -0.2) is 13.8 Å². The van der Waals surface area contributed by atoms with Gasteiger partial charge in [-0.1, -0.05) is 12.1 Å². The lowest BCUT2D eigenvalue weighted by Gasteiger charge is -2.23.